The Morgan fingerprint density at radius 2 is 1.38 bits per heavy atom. The van der Waals surface area contributed by atoms with E-state index in [1.807, 2.05) is 6.92 Å². The van der Waals surface area contributed by atoms with Crippen LogP contribution < -0.4 is 15.1 Å². The molecule has 5 heteroatoms. The average molecular weight is 542 g/mol. The van der Waals surface area contributed by atoms with Crippen molar-refractivity contribution in [2.75, 3.05) is 55.7 Å². The number of ketones is 1. The number of nitrogens with zero attached hydrogens (tertiary/aromatic N) is 2. The molecule has 2 aliphatic rings. The largest absolute Gasteiger partial charge is 0.498 e. The lowest BCUT2D eigenvalue weighted by molar-refractivity contribution is -0.124. The first-order chi connectivity index (χ1) is 19.5. The second-order valence-electron chi connectivity index (χ2n) is 10.6. The zero-order chi connectivity index (χ0) is 28.5. The van der Waals surface area contributed by atoms with E-state index < -0.39 is 0 Å². The summed E-state index contributed by atoms with van der Waals surface area (Å²) >= 11 is 0. The van der Waals surface area contributed by atoms with E-state index in [2.05, 4.69) is 110 Å². The SMILES string of the molecule is CCOC1=CC(=Cc2ccc(N(CC)CC)cc2)C(C2CNCCC2=O)C(=Cc2ccc(N(CC)CC)cc2)C1. The van der Waals surface area contributed by atoms with Crippen LogP contribution in [0.15, 0.2) is 71.5 Å². The van der Waals surface area contributed by atoms with Crippen molar-refractivity contribution in [1.82, 2.24) is 5.32 Å². The van der Waals surface area contributed by atoms with Gasteiger partial charge in [-0.3, -0.25) is 4.79 Å². The number of nitrogens with one attached hydrogen (secondary N) is 1. The molecular formula is C35H47N3O2. The first-order valence-corrected chi connectivity index (χ1v) is 15.2. The van der Waals surface area contributed by atoms with Gasteiger partial charge in [-0.05, 0) is 81.7 Å². The number of Topliss-reactive ketones (excluding diaryl/α,β-unsaturated/α-hetero) is 1. The number of hydrogen-bond donors (Lipinski definition) is 1. The summed E-state index contributed by atoms with van der Waals surface area (Å²) in [6.45, 7) is 16.8. The molecule has 0 radical (unpaired) electrons. The molecule has 214 valence electrons. The van der Waals surface area contributed by atoms with Gasteiger partial charge in [0.2, 0.25) is 0 Å². The number of ether oxygens (including phenoxy) is 1. The predicted molar refractivity (Wildman–Crippen MR) is 170 cm³/mol. The molecule has 0 aromatic heterocycles. The fourth-order valence-electron chi connectivity index (χ4n) is 6.11. The van der Waals surface area contributed by atoms with Crippen LogP contribution in [0, 0.1) is 11.8 Å². The van der Waals surface area contributed by atoms with Crippen LogP contribution in [0.4, 0.5) is 11.4 Å². The van der Waals surface area contributed by atoms with Crippen LogP contribution in [0.5, 0.6) is 0 Å². The Kier molecular flexibility index (Phi) is 10.7. The fourth-order valence-corrected chi connectivity index (χ4v) is 6.11. The van der Waals surface area contributed by atoms with Crippen molar-refractivity contribution in [3.05, 3.63) is 82.6 Å². The Morgan fingerprint density at radius 1 is 0.825 bits per heavy atom. The van der Waals surface area contributed by atoms with Crippen LogP contribution >= 0.6 is 0 Å². The third kappa shape index (κ3) is 7.06. The summed E-state index contributed by atoms with van der Waals surface area (Å²) in [7, 11) is 0. The van der Waals surface area contributed by atoms with Gasteiger partial charge in [-0.1, -0.05) is 42.0 Å². The minimum atomic E-state index is -0.0874. The van der Waals surface area contributed by atoms with E-state index in [4.69, 9.17) is 4.74 Å². The highest BCUT2D eigenvalue weighted by Gasteiger charge is 2.37. The number of hydrogen-bond acceptors (Lipinski definition) is 5. The number of carbonyl (C=O) groups excluding carboxylic acids is 1. The second-order valence-corrected chi connectivity index (χ2v) is 10.6. The van der Waals surface area contributed by atoms with Crippen LogP contribution in [0.1, 0.15) is 58.6 Å². The molecule has 0 amide bonds. The molecule has 0 saturated carbocycles. The van der Waals surface area contributed by atoms with Gasteiger partial charge in [0.1, 0.15) is 11.5 Å². The van der Waals surface area contributed by atoms with Crippen LogP contribution in [0.3, 0.4) is 0 Å². The van der Waals surface area contributed by atoms with Gasteiger partial charge in [-0.15, -0.1) is 0 Å². The van der Waals surface area contributed by atoms with Gasteiger partial charge in [0.25, 0.3) is 0 Å². The van der Waals surface area contributed by atoms with E-state index in [0.717, 1.165) is 61.6 Å². The Hall–Kier alpha value is -3.31. The van der Waals surface area contributed by atoms with Crippen LogP contribution in [0.2, 0.25) is 0 Å². The minimum absolute atomic E-state index is 0.00873. The van der Waals surface area contributed by atoms with E-state index in [1.54, 1.807) is 0 Å². The molecule has 1 aliphatic carbocycles. The van der Waals surface area contributed by atoms with Gasteiger partial charge in [0.15, 0.2) is 0 Å². The molecule has 4 rings (SSSR count). The maximum absolute atomic E-state index is 13.3. The lowest BCUT2D eigenvalue weighted by Gasteiger charge is -2.36. The third-order valence-corrected chi connectivity index (χ3v) is 8.25. The maximum Gasteiger partial charge on any atom is 0.139 e. The predicted octanol–water partition coefficient (Wildman–Crippen LogP) is 6.96. The highest BCUT2D eigenvalue weighted by Crippen LogP contribution is 2.41. The summed E-state index contributed by atoms with van der Waals surface area (Å²) in [5.74, 6) is 1.24. The van der Waals surface area contributed by atoms with Crippen LogP contribution in [-0.2, 0) is 9.53 Å². The molecule has 2 atom stereocenters. The molecule has 2 aromatic carbocycles. The zero-order valence-corrected chi connectivity index (χ0v) is 25.1. The Labute approximate surface area is 241 Å². The van der Waals surface area contributed by atoms with Gasteiger partial charge < -0.3 is 19.9 Å². The lowest BCUT2D eigenvalue weighted by Crippen LogP contribution is -2.42. The number of carbonyl (C=O) groups is 1. The number of benzene rings is 2. The topological polar surface area (TPSA) is 44.8 Å². The lowest BCUT2D eigenvalue weighted by atomic mass is 9.71. The van der Waals surface area contributed by atoms with Crippen molar-refractivity contribution < 1.29 is 9.53 Å². The monoisotopic (exact) mass is 541 g/mol. The summed E-state index contributed by atoms with van der Waals surface area (Å²) in [4.78, 5) is 18.0. The Bertz CT molecular complexity index is 1200. The zero-order valence-electron chi connectivity index (χ0n) is 25.1. The van der Waals surface area contributed by atoms with E-state index >= 15 is 0 Å². The van der Waals surface area contributed by atoms with E-state index in [9.17, 15) is 4.79 Å². The summed E-state index contributed by atoms with van der Waals surface area (Å²) in [6, 6.07) is 17.6. The summed E-state index contributed by atoms with van der Waals surface area (Å²) < 4.78 is 6.11. The van der Waals surface area contributed by atoms with Crippen molar-refractivity contribution >= 4 is 29.3 Å². The van der Waals surface area contributed by atoms with E-state index in [0.29, 0.717) is 25.4 Å². The molecule has 1 aliphatic heterocycles. The van der Waals surface area contributed by atoms with Crippen molar-refractivity contribution in [2.24, 2.45) is 11.8 Å². The van der Waals surface area contributed by atoms with Crippen molar-refractivity contribution in [2.45, 2.75) is 47.5 Å². The molecule has 2 aromatic rings. The molecule has 1 heterocycles. The number of rotatable bonds is 11. The molecule has 0 spiro atoms. The molecule has 40 heavy (non-hydrogen) atoms. The normalized spacial score (nSPS) is 21.4. The molecule has 1 fully saturated rings. The standard InChI is InChI=1S/C35H47N3O2/c1-6-37(7-2)30-15-11-26(12-16-30)21-28-23-32(40-10-5)24-29(35(28)33-25-36-20-19-34(33)39)22-27-13-17-31(18-14-27)38(8-3)9-4/h11-18,21-23,33,35-36H,6-10,19-20,24-25H2,1-5H3. The smallest absolute Gasteiger partial charge is 0.139 e. The maximum atomic E-state index is 13.3. The average Bonchev–Trinajstić information content (AvgIpc) is 2.97. The first-order valence-electron chi connectivity index (χ1n) is 15.2. The van der Waals surface area contributed by atoms with Crippen molar-refractivity contribution in [3.63, 3.8) is 0 Å². The number of allylic oxidation sites excluding steroid dienone is 3. The molecular weight excluding hydrogens is 494 g/mol. The summed E-state index contributed by atoms with van der Waals surface area (Å²) in [5, 5.41) is 3.50. The van der Waals surface area contributed by atoms with Crippen LogP contribution in [-0.4, -0.2) is 51.7 Å². The highest BCUT2D eigenvalue weighted by atomic mass is 16.5. The molecule has 5 nitrogen and oxygen atoms in total. The molecule has 0 bridgehead atoms. The Morgan fingerprint density at radius 3 is 1.88 bits per heavy atom. The highest BCUT2D eigenvalue weighted by molar-refractivity contribution is 5.84. The van der Waals surface area contributed by atoms with Crippen molar-refractivity contribution in [3.8, 4) is 0 Å². The molecule has 1 saturated heterocycles. The minimum Gasteiger partial charge on any atom is -0.498 e. The second kappa shape index (κ2) is 14.4. The van der Waals surface area contributed by atoms with Crippen LogP contribution in [0.25, 0.3) is 12.2 Å². The van der Waals surface area contributed by atoms with E-state index in [-0.39, 0.29) is 11.8 Å². The number of anilines is 2. The van der Waals surface area contributed by atoms with Gasteiger partial charge in [0, 0.05) is 75.3 Å². The van der Waals surface area contributed by atoms with Crippen molar-refractivity contribution in [1.29, 1.82) is 0 Å². The summed E-state index contributed by atoms with van der Waals surface area (Å²) in [5.41, 5.74) is 7.17. The fraction of sp³-hybridized carbons (Fsp3) is 0.457. The first kappa shape index (κ1) is 29.7. The Balaban J connectivity index is 1.76. The van der Waals surface area contributed by atoms with Gasteiger partial charge in [-0.2, -0.15) is 0 Å². The van der Waals surface area contributed by atoms with E-state index in [1.165, 1.54) is 16.9 Å². The number of piperidine rings is 1. The third-order valence-electron chi connectivity index (χ3n) is 8.25. The quantitative estimate of drug-likeness (QED) is 0.333. The van der Waals surface area contributed by atoms with Gasteiger partial charge >= 0.3 is 0 Å². The van der Waals surface area contributed by atoms with Gasteiger partial charge in [-0.25, -0.2) is 0 Å². The van der Waals surface area contributed by atoms with Gasteiger partial charge in [0.05, 0.1) is 6.61 Å². The molecule has 2 unspecified atom stereocenters. The summed E-state index contributed by atoms with van der Waals surface area (Å²) in [6.07, 6.45) is 8.05. The molecule has 1 N–H and O–H groups in total.